The Bertz CT molecular complexity index is 712. The summed E-state index contributed by atoms with van der Waals surface area (Å²) in [4.78, 5) is 9.04. The first-order valence-corrected chi connectivity index (χ1v) is 7.84. The Labute approximate surface area is 127 Å². The summed E-state index contributed by atoms with van der Waals surface area (Å²) in [5.41, 5.74) is 7.30. The number of aromatic nitrogens is 2. The van der Waals surface area contributed by atoms with Crippen molar-refractivity contribution in [1.29, 1.82) is 0 Å². The smallest absolute Gasteiger partial charge is 0.146 e. The summed E-state index contributed by atoms with van der Waals surface area (Å²) in [5, 5.41) is 0.920. The van der Waals surface area contributed by atoms with Crippen LogP contribution in [0.3, 0.4) is 0 Å². The lowest BCUT2D eigenvalue weighted by molar-refractivity contribution is 0.311. The van der Waals surface area contributed by atoms with Gasteiger partial charge in [-0.05, 0) is 43.7 Å². The molecule has 3 rings (SSSR count). The fourth-order valence-corrected chi connectivity index (χ4v) is 3.03. The third-order valence-corrected chi connectivity index (χ3v) is 4.17. The van der Waals surface area contributed by atoms with Gasteiger partial charge in [-0.15, -0.1) is 11.3 Å². The number of hydrogen-bond donors (Lipinski definition) is 1. The summed E-state index contributed by atoms with van der Waals surface area (Å²) in [5.74, 6) is 0.836. The van der Waals surface area contributed by atoms with E-state index in [1.165, 1.54) is 0 Å². The predicted octanol–water partition coefficient (Wildman–Crippen LogP) is 3.48. The summed E-state index contributed by atoms with van der Waals surface area (Å²) < 4.78 is 6.96. The van der Waals surface area contributed by atoms with Crippen molar-refractivity contribution in [2.24, 2.45) is 5.73 Å². The van der Waals surface area contributed by atoms with Gasteiger partial charge in [0.15, 0.2) is 0 Å². The Kier molecular flexibility index (Phi) is 4.43. The molecule has 0 bridgehead atoms. The molecule has 5 heteroatoms. The lowest BCUT2D eigenvalue weighted by atomic mass is 10.3. The van der Waals surface area contributed by atoms with E-state index >= 15 is 0 Å². The van der Waals surface area contributed by atoms with Crippen LogP contribution in [0.5, 0.6) is 5.75 Å². The van der Waals surface area contributed by atoms with Gasteiger partial charge in [0.05, 0.1) is 17.0 Å². The molecule has 2 N–H and O–H groups in total. The summed E-state index contributed by atoms with van der Waals surface area (Å²) in [6, 6.07) is 11.9. The number of para-hydroxylation sites is 1. The lowest BCUT2D eigenvalue weighted by Crippen LogP contribution is -2.03. The van der Waals surface area contributed by atoms with Crippen molar-refractivity contribution < 1.29 is 4.74 Å². The molecule has 0 aliphatic carbocycles. The number of ether oxygens (including phenoxy) is 1. The van der Waals surface area contributed by atoms with E-state index in [0.29, 0.717) is 13.2 Å². The van der Waals surface area contributed by atoms with Gasteiger partial charge in [-0.3, -0.25) is 4.98 Å². The number of nitrogens with two attached hydrogens (primary N) is 1. The van der Waals surface area contributed by atoms with Crippen LogP contribution in [-0.2, 0) is 0 Å². The second kappa shape index (κ2) is 6.65. The molecular weight excluding hydrogens is 282 g/mol. The number of fused-ring (bicyclic) bond motifs is 1. The molecule has 1 aromatic carbocycles. The van der Waals surface area contributed by atoms with Crippen molar-refractivity contribution in [3.05, 3.63) is 42.6 Å². The zero-order valence-corrected chi connectivity index (χ0v) is 12.5. The average molecular weight is 299 g/mol. The van der Waals surface area contributed by atoms with E-state index in [0.717, 1.165) is 39.5 Å². The molecule has 0 saturated heterocycles. The highest BCUT2D eigenvalue weighted by Gasteiger charge is 2.11. The number of unbranched alkanes of at least 4 members (excludes halogenated alkanes) is 1. The maximum absolute atomic E-state index is 5.84. The van der Waals surface area contributed by atoms with E-state index in [4.69, 9.17) is 10.5 Å². The maximum Gasteiger partial charge on any atom is 0.146 e. The Morgan fingerprint density at radius 3 is 2.86 bits per heavy atom. The molecule has 0 saturated carbocycles. The van der Waals surface area contributed by atoms with Crippen LogP contribution in [0, 0.1) is 0 Å². The van der Waals surface area contributed by atoms with E-state index < -0.39 is 0 Å². The van der Waals surface area contributed by atoms with Crippen LogP contribution in [0.15, 0.2) is 42.6 Å². The summed E-state index contributed by atoms with van der Waals surface area (Å²) in [7, 11) is 0. The van der Waals surface area contributed by atoms with Crippen LogP contribution in [0.4, 0.5) is 0 Å². The first-order valence-electron chi connectivity index (χ1n) is 7.02. The van der Waals surface area contributed by atoms with Gasteiger partial charge in [-0.25, -0.2) is 4.98 Å². The zero-order chi connectivity index (χ0) is 14.5. The van der Waals surface area contributed by atoms with Gasteiger partial charge in [0.2, 0.25) is 0 Å². The highest BCUT2D eigenvalue weighted by Crippen LogP contribution is 2.33. The SMILES string of the molecule is NCCCCOc1cccc2sc(-c3ccccn3)nc12. The average Bonchev–Trinajstić information content (AvgIpc) is 2.97. The van der Waals surface area contributed by atoms with Gasteiger partial charge >= 0.3 is 0 Å². The number of benzene rings is 1. The molecule has 2 aromatic heterocycles. The van der Waals surface area contributed by atoms with Crippen LogP contribution in [0.2, 0.25) is 0 Å². The monoisotopic (exact) mass is 299 g/mol. The van der Waals surface area contributed by atoms with Gasteiger partial charge in [0, 0.05) is 6.20 Å². The Balaban J connectivity index is 1.87. The van der Waals surface area contributed by atoms with Crippen LogP contribution < -0.4 is 10.5 Å². The molecule has 0 fully saturated rings. The van der Waals surface area contributed by atoms with Crippen LogP contribution in [0.25, 0.3) is 20.9 Å². The molecule has 21 heavy (non-hydrogen) atoms. The van der Waals surface area contributed by atoms with Crippen LogP contribution in [0.1, 0.15) is 12.8 Å². The number of pyridine rings is 1. The third-order valence-electron chi connectivity index (χ3n) is 3.12. The topological polar surface area (TPSA) is 61.0 Å². The molecule has 0 spiro atoms. The minimum atomic E-state index is 0.673. The molecule has 3 aromatic rings. The molecule has 0 atom stereocenters. The van der Waals surface area contributed by atoms with Gasteiger partial charge in [0.1, 0.15) is 16.3 Å². The molecule has 0 unspecified atom stereocenters. The minimum absolute atomic E-state index is 0.673. The van der Waals surface area contributed by atoms with Crippen LogP contribution >= 0.6 is 11.3 Å². The minimum Gasteiger partial charge on any atom is -0.491 e. The van der Waals surface area contributed by atoms with E-state index in [-0.39, 0.29) is 0 Å². The molecule has 108 valence electrons. The lowest BCUT2D eigenvalue weighted by Gasteiger charge is -2.05. The molecule has 0 radical (unpaired) electrons. The first-order chi connectivity index (χ1) is 10.4. The fourth-order valence-electron chi connectivity index (χ4n) is 2.07. The molecule has 0 aliphatic heterocycles. The van der Waals surface area contributed by atoms with Crippen LogP contribution in [-0.4, -0.2) is 23.1 Å². The summed E-state index contributed by atoms with van der Waals surface area (Å²) in [6.07, 6.45) is 3.72. The Morgan fingerprint density at radius 1 is 1.10 bits per heavy atom. The number of nitrogens with zero attached hydrogens (tertiary/aromatic N) is 2. The van der Waals surface area contributed by atoms with Crippen molar-refractivity contribution >= 4 is 21.6 Å². The van der Waals surface area contributed by atoms with Crippen molar-refractivity contribution in [3.8, 4) is 16.5 Å². The van der Waals surface area contributed by atoms with Gasteiger partial charge in [-0.1, -0.05) is 12.1 Å². The van der Waals surface area contributed by atoms with Crippen molar-refractivity contribution in [3.63, 3.8) is 0 Å². The molecule has 2 heterocycles. The summed E-state index contributed by atoms with van der Waals surface area (Å²) >= 11 is 1.63. The number of thiazole rings is 1. The largest absolute Gasteiger partial charge is 0.491 e. The van der Waals surface area contributed by atoms with Gasteiger partial charge < -0.3 is 10.5 Å². The molecular formula is C16H17N3OS. The number of rotatable bonds is 6. The quantitative estimate of drug-likeness (QED) is 0.708. The Morgan fingerprint density at radius 2 is 2.05 bits per heavy atom. The highest BCUT2D eigenvalue weighted by molar-refractivity contribution is 7.21. The normalized spacial score (nSPS) is 10.9. The molecule has 4 nitrogen and oxygen atoms in total. The highest BCUT2D eigenvalue weighted by atomic mass is 32.1. The zero-order valence-electron chi connectivity index (χ0n) is 11.7. The summed E-state index contributed by atoms with van der Waals surface area (Å²) in [6.45, 7) is 1.38. The number of hydrogen-bond acceptors (Lipinski definition) is 5. The van der Waals surface area contributed by atoms with E-state index in [9.17, 15) is 0 Å². The maximum atomic E-state index is 5.84. The van der Waals surface area contributed by atoms with E-state index in [1.807, 2.05) is 30.3 Å². The Hall–Kier alpha value is -1.98. The third kappa shape index (κ3) is 3.20. The van der Waals surface area contributed by atoms with E-state index in [2.05, 4.69) is 16.0 Å². The predicted molar refractivity (Wildman–Crippen MR) is 86.6 cm³/mol. The van der Waals surface area contributed by atoms with E-state index in [1.54, 1.807) is 17.5 Å². The van der Waals surface area contributed by atoms with Gasteiger partial charge in [-0.2, -0.15) is 0 Å². The first kappa shape index (κ1) is 14.0. The van der Waals surface area contributed by atoms with Crippen molar-refractivity contribution in [1.82, 2.24) is 9.97 Å². The molecule has 0 aliphatic rings. The fraction of sp³-hybridized carbons (Fsp3) is 0.250. The molecule has 0 amide bonds. The van der Waals surface area contributed by atoms with Crippen molar-refractivity contribution in [2.45, 2.75) is 12.8 Å². The van der Waals surface area contributed by atoms with Crippen molar-refractivity contribution in [2.75, 3.05) is 13.2 Å². The van der Waals surface area contributed by atoms with Gasteiger partial charge in [0.25, 0.3) is 0 Å². The second-order valence-electron chi connectivity index (χ2n) is 4.68. The standard InChI is InChI=1S/C16H17N3OS/c17-9-2-4-11-20-13-7-5-8-14-15(13)19-16(21-14)12-6-1-3-10-18-12/h1,3,5-8,10H,2,4,9,11,17H2. The second-order valence-corrected chi connectivity index (χ2v) is 5.71.